The third-order valence-electron chi connectivity index (χ3n) is 3.93. The Bertz CT molecular complexity index is 567. The van der Waals surface area contributed by atoms with Crippen LogP contribution < -0.4 is 4.72 Å². The second-order valence-corrected chi connectivity index (χ2v) is 7.18. The van der Waals surface area contributed by atoms with Gasteiger partial charge < -0.3 is 5.11 Å². The first-order chi connectivity index (χ1) is 9.22. The van der Waals surface area contributed by atoms with Crippen LogP contribution in [0.3, 0.4) is 0 Å². The van der Waals surface area contributed by atoms with E-state index in [2.05, 4.69) is 4.72 Å². The number of aliphatic hydroxyl groups excluding tert-OH is 1. The van der Waals surface area contributed by atoms with Crippen LogP contribution in [-0.2, 0) is 16.6 Å². The van der Waals surface area contributed by atoms with Crippen molar-refractivity contribution in [2.24, 2.45) is 5.92 Å². The van der Waals surface area contributed by atoms with Gasteiger partial charge in [-0.05, 0) is 49.4 Å². The van der Waals surface area contributed by atoms with Gasteiger partial charge in [-0.25, -0.2) is 13.1 Å². The summed E-state index contributed by atoms with van der Waals surface area (Å²) in [6, 6.07) is 3.24. The average molecular weight is 299 g/mol. The minimum atomic E-state index is -3.56. The Balaban J connectivity index is 3.16. The Kier molecular flexibility index (Phi) is 5.74. The molecule has 1 rings (SSSR count). The van der Waals surface area contributed by atoms with Crippen LogP contribution in [0, 0.1) is 19.8 Å². The SMILES string of the molecule is CCC(C)C(C)NS(=O)(=O)c1cc(CO)c(C)cc1C. The first kappa shape index (κ1) is 17.1. The summed E-state index contributed by atoms with van der Waals surface area (Å²) in [6.45, 7) is 9.42. The highest BCUT2D eigenvalue weighted by Gasteiger charge is 2.22. The van der Waals surface area contributed by atoms with Gasteiger partial charge in [-0.3, -0.25) is 0 Å². The van der Waals surface area contributed by atoms with Crippen molar-refractivity contribution in [3.63, 3.8) is 0 Å². The average Bonchev–Trinajstić information content (AvgIpc) is 2.36. The van der Waals surface area contributed by atoms with Crippen LogP contribution in [0.15, 0.2) is 17.0 Å². The fourth-order valence-corrected chi connectivity index (χ4v) is 3.74. The van der Waals surface area contributed by atoms with Crippen molar-refractivity contribution in [2.75, 3.05) is 0 Å². The topological polar surface area (TPSA) is 66.4 Å². The molecule has 0 fully saturated rings. The summed E-state index contributed by atoms with van der Waals surface area (Å²) in [7, 11) is -3.56. The summed E-state index contributed by atoms with van der Waals surface area (Å²) >= 11 is 0. The molecule has 2 unspecified atom stereocenters. The molecular formula is C15H25NO3S. The van der Waals surface area contributed by atoms with E-state index in [0.29, 0.717) is 11.1 Å². The molecule has 0 aromatic heterocycles. The van der Waals surface area contributed by atoms with Crippen molar-refractivity contribution in [3.05, 3.63) is 28.8 Å². The quantitative estimate of drug-likeness (QED) is 0.848. The summed E-state index contributed by atoms with van der Waals surface area (Å²) in [5, 5.41) is 9.29. The Morgan fingerprint density at radius 1 is 1.20 bits per heavy atom. The van der Waals surface area contributed by atoms with Crippen LogP contribution in [0.4, 0.5) is 0 Å². The molecule has 0 amide bonds. The van der Waals surface area contributed by atoms with Gasteiger partial charge in [0.15, 0.2) is 0 Å². The van der Waals surface area contributed by atoms with Gasteiger partial charge in [0, 0.05) is 6.04 Å². The van der Waals surface area contributed by atoms with E-state index in [-0.39, 0.29) is 23.5 Å². The lowest BCUT2D eigenvalue weighted by atomic mass is 10.0. The second kappa shape index (κ2) is 6.70. The monoisotopic (exact) mass is 299 g/mol. The Morgan fingerprint density at radius 3 is 2.30 bits per heavy atom. The van der Waals surface area contributed by atoms with Crippen molar-refractivity contribution >= 4 is 10.0 Å². The molecule has 0 aliphatic carbocycles. The van der Waals surface area contributed by atoms with Crippen molar-refractivity contribution in [2.45, 2.75) is 58.6 Å². The Hall–Kier alpha value is -0.910. The minimum Gasteiger partial charge on any atom is -0.392 e. The lowest BCUT2D eigenvalue weighted by Gasteiger charge is -2.21. The molecule has 0 bridgehead atoms. The lowest BCUT2D eigenvalue weighted by Crippen LogP contribution is -2.37. The molecule has 1 aromatic rings. The van der Waals surface area contributed by atoms with Gasteiger partial charge in [0.05, 0.1) is 11.5 Å². The maximum absolute atomic E-state index is 12.5. The zero-order valence-corrected chi connectivity index (χ0v) is 13.7. The molecule has 0 aliphatic heterocycles. The molecule has 0 saturated carbocycles. The van der Waals surface area contributed by atoms with E-state index in [9.17, 15) is 13.5 Å². The predicted octanol–water partition coefficient (Wildman–Crippen LogP) is 2.51. The number of aryl methyl sites for hydroxylation is 2. The molecule has 114 valence electrons. The maximum atomic E-state index is 12.5. The molecule has 1 aromatic carbocycles. The van der Waals surface area contributed by atoms with Gasteiger partial charge in [0.1, 0.15) is 0 Å². The van der Waals surface area contributed by atoms with Crippen molar-refractivity contribution < 1.29 is 13.5 Å². The molecule has 0 spiro atoms. The van der Waals surface area contributed by atoms with Gasteiger partial charge in [-0.2, -0.15) is 0 Å². The summed E-state index contributed by atoms with van der Waals surface area (Å²) in [5.74, 6) is 0.271. The van der Waals surface area contributed by atoms with E-state index in [0.717, 1.165) is 12.0 Å². The first-order valence-electron chi connectivity index (χ1n) is 6.96. The molecule has 2 N–H and O–H groups in total. The predicted molar refractivity (Wildman–Crippen MR) is 81.1 cm³/mol. The number of sulfonamides is 1. The van der Waals surface area contributed by atoms with E-state index < -0.39 is 10.0 Å². The molecular weight excluding hydrogens is 274 g/mol. The molecule has 20 heavy (non-hydrogen) atoms. The third-order valence-corrected chi connectivity index (χ3v) is 5.63. The number of aliphatic hydroxyl groups is 1. The highest BCUT2D eigenvalue weighted by Crippen LogP contribution is 2.21. The Morgan fingerprint density at radius 2 is 1.80 bits per heavy atom. The number of hydrogen-bond donors (Lipinski definition) is 2. The van der Waals surface area contributed by atoms with Crippen LogP contribution in [0.1, 0.15) is 43.9 Å². The van der Waals surface area contributed by atoms with Gasteiger partial charge in [-0.15, -0.1) is 0 Å². The molecule has 0 aliphatic rings. The summed E-state index contributed by atoms with van der Waals surface area (Å²) in [4.78, 5) is 0.252. The summed E-state index contributed by atoms with van der Waals surface area (Å²) < 4.78 is 27.7. The first-order valence-corrected chi connectivity index (χ1v) is 8.44. The zero-order chi connectivity index (χ0) is 15.5. The van der Waals surface area contributed by atoms with Gasteiger partial charge in [0.2, 0.25) is 10.0 Å². The largest absolute Gasteiger partial charge is 0.392 e. The van der Waals surface area contributed by atoms with E-state index in [4.69, 9.17) is 0 Å². The molecule has 0 radical (unpaired) electrons. The summed E-state index contributed by atoms with van der Waals surface area (Å²) in [6.07, 6.45) is 0.915. The van der Waals surface area contributed by atoms with Gasteiger partial charge in [0.25, 0.3) is 0 Å². The highest BCUT2D eigenvalue weighted by molar-refractivity contribution is 7.89. The molecule has 0 heterocycles. The van der Waals surface area contributed by atoms with Gasteiger partial charge >= 0.3 is 0 Å². The molecule has 5 heteroatoms. The van der Waals surface area contributed by atoms with Crippen LogP contribution >= 0.6 is 0 Å². The number of nitrogens with one attached hydrogen (secondary N) is 1. The number of rotatable bonds is 6. The standard InChI is InChI=1S/C15H25NO3S/c1-6-10(2)13(5)16-20(18,19)15-8-14(9-17)11(3)7-12(15)4/h7-8,10,13,16-17H,6,9H2,1-5H3. The second-order valence-electron chi connectivity index (χ2n) is 5.50. The van der Waals surface area contributed by atoms with Gasteiger partial charge in [-0.1, -0.05) is 26.3 Å². The fourth-order valence-electron chi connectivity index (χ4n) is 2.11. The Labute approximate surface area is 122 Å². The van der Waals surface area contributed by atoms with E-state index >= 15 is 0 Å². The smallest absolute Gasteiger partial charge is 0.241 e. The van der Waals surface area contributed by atoms with Crippen LogP contribution in [0.2, 0.25) is 0 Å². The maximum Gasteiger partial charge on any atom is 0.241 e. The third kappa shape index (κ3) is 3.81. The highest BCUT2D eigenvalue weighted by atomic mass is 32.2. The molecule has 2 atom stereocenters. The minimum absolute atomic E-state index is 0.122. The van der Waals surface area contributed by atoms with Crippen LogP contribution in [0.25, 0.3) is 0 Å². The number of hydrogen-bond acceptors (Lipinski definition) is 3. The molecule has 0 saturated heterocycles. The zero-order valence-electron chi connectivity index (χ0n) is 12.9. The van der Waals surface area contributed by atoms with Crippen LogP contribution in [-0.4, -0.2) is 19.6 Å². The lowest BCUT2D eigenvalue weighted by molar-refractivity contribution is 0.280. The van der Waals surface area contributed by atoms with Crippen molar-refractivity contribution in [1.29, 1.82) is 0 Å². The number of benzene rings is 1. The fraction of sp³-hybridized carbons (Fsp3) is 0.600. The molecule has 4 nitrogen and oxygen atoms in total. The van der Waals surface area contributed by atoms with E-state index in [1.165, 1.54) is 0 Å². The van der Waals surface area contributed by atoms with Crippen molar-refractivity contribution in [3.8, 4) is 0 Å². The normalized spacial score (nSPS) is 15.1. The summed E-state index contributed by atoms with van der Waals surface area (Å²) in [5.41, 5.74) is 2.25. The van der Waals surface area contributed by atoms with E-state index in [1.54, 1.807) is 19.1 Å². The van der Waals surface area contributed by atoms with Crippen molar-refractivity contribution in [1.82, 2.24) is 4.72 Å². The van der Waals surface area contributed by atoms with E-state index in [1.807, 2.05) is 27.7 Å². The van der Waals surface area contributed by atoms with Crippen LogP contribution in [0.5, 0.6) is 0 Å².